The van der Waals surface area contributed by atoms with E-state index in [0.29, 0.717) is 18.5 Å². The van der Waals surface area contributed by atoms with Crippen molar-refractivity contribution in [3.8, 4) is 0 Å². The number of nitrogens with one attached hydrogen (secondary N) is 1. The Hall–Kier alpha value is -2.18. The Morgan fingerprint density at radius 2 is 1.96 bits per heavy atom. The largest absolute Gasteiger partial charge is 0.396 e. The van der Waals surface area contributed by atoms with Gasteiger partial charge in [-0.3, -0.25) is 0 Å². The van der Waals surface area contributed by atoms with Gasteiger partial charge < -0.3 is 15.3 Å². The minimum atomic E-state index is 0.310. The zero-order valence-corrected chi connectivity index (χ0v) is 14.9. The third-order valence-electron chi connectivity index (χ3n) is 4.84. The van der Waals surface area contributed by atoms with Crippen LogP contribution in [0.3, 0.4) is 0 Å². The van der Waals surface area contributed by atoms with Crippen LogP contribution in [0.4, 0.5) is 17.3 Å². The summed E-state index contributed by atoms with van der Waals surface area (Å²) in [6.45, 7) is 2.44. The van der Waals surface area contributed by atoms with Crippen molar-refractivity contribution in [2.45, 2.75) is 19.3 Å². The van der Waals surface area contributed by atoms with E-state index in [1.165, 1.54) is 5.69 Å². The zero-order valence-electron chi connectivity index (χ0n) is 14.1. The molecule has 0 saturated carbocycles. The van der Waals surface area contributed by atoms with Crippen LogP contribution < -0.4 is 10.2 Å². The van der Waals surface area contributed by atoms with Crippen molar-refractivity contribution in [2.24, 2.45) is 5.92 Å². The number of piperidine rings is 1. The summed E-state index contributed by atoms with van der Waals surface area (Å²) in [5.74, 6) is 1.30. The average molecular weight is 354 g/mol. The minimum Gasteiger partial charge on any atom is -0.396 e. The SMILES string of the molecule is OCCC1CCN(c2ccc(Nc3ncc4sccc4n3)cc2)CC1. The lowest BCUT2D eigenvalue weighted by atomic mass is 9.93. The summed E-state index contributed by atoms with van der Waals surface area (Å²) < 4.78 is 1.10. The number of anilines is 3. The van der Waals surface area contributed by atoms with Gasteiger partial charge in [-0.2, -0.15) is 0 Å². The molecule has 1 fully saturated rings. The van der Waals surface area contributed by atoms with Crippen molar-refractivity contribution in [3.05, 3.63) is 41.9 Å². The van der Waals surface area contributed by atoms with Crippen LogP contribution in [0.25, 0.3) is 10.2 Å². The van der Waals surface area contributed by atoms with Crippen molar-refractivity contribution >= 4 is 38.9 Å². The minimum absolute atomic E-state index is 0.310. The number of thiophene rings is 1. The molecule has 0 amide bonds. The molecule has 1 aromatic carbocycles. The molecule has 1 saturated heterocycles. The lowest BCUT2D eigenvalue weighted by Gasteiger charge is -2.33. The van der Waals surface area contributed by atoms with E-state index >= 15 is 0 Å². The highest BCUT2D eigenvalue weighted by Crippen LogP contribution is 2.27. The molecule has 4 rings (SSSR count). The molecular weight excluding hydrogens is 332 g/mol. The van der Waals surface area contributed by atoms with E-state index in [-0.39, 0.29) is 0 Å². The summed E-state index contributed by atoms with van der Waals surface area (Å²) in [7, 11) is 0. The molecule has 2 aromatic heterocycles. The third kappa shape index (κ3) is 3.75. The Labute approximate surface area is 151 Å². The molecule has 0 aliphatic carbocycles. The fraction of sp³-hybridized carbons (Fsp3) is 0.368. The fourth-order valence-corrected chi connectivity index (χ4v) is 4.06. The summed E-state index contributed by atoms with van der Waals surface area (Å²) in [6.07, 6.45) is 5.12. The van der Waals surface area contributed by atoms with Crippen LogP contribution >= 0.6 is 11.3 Å². The van der Waals surface area contributed by atoms with Crippen LogP contribution in [-0.2, 0) is 0 Å². The van der Waals surface area contributed by atoms with E-state index in [1.54, 1.807) is 11.3 Å². The highest BCUT2D eigenvalue weighted by atomic mass is 32.1. The molecule has 0 spiro atoms. The van der Waals surface area contributed by atoms with Gasteiger partial charge in [-0.05, 0) is 60.9 Å². The average Bonchev–Trinajstić information content (AvgIpc) is 3.11. The molecule has 25 heavy (non-hydrogen) atoms. The lowest BCUT2D eigenvalue weighted by Crippen LogP contribution is -2.33. The first kappa shape index (κ1) is 16.3. The molecule has 2 N–H and O–H groups in total. The van der Waals surface area contributed by atoms with Gasteiger partial charge in [0.2, 0.25) is 5.95 Å². The Morgan fingerprint density at radius 1 is 1.16 bits per heavy atom. The standard InChI is InChI=1S/C19H22N4OS/c24-11-7-14-5-9-23(10-6-14)16-3-1-15(2-4-16)21-19-20-13-18-17(22-19)8-12-25-18/h1-4,8,12-14,24H,5-7,9-11H2,(H,20,21,22). The molecule has 130 valence electrons. The van der Waals surface area contributed by atoms with Gasteiger partial charge in [0.15, 0.2) is 0 Å². The molecule has 0 atom stereocenters. The highest BCUT2D eigenvalue weighted by Gasteiger charge is 2.18. The van der Waals surface area contributed by atoms with E-state index < -0.39 is 0 Å². The zero-order chi connectivity index (χ0) is 17.1. The quantitative estimate of drug-likeness (QED) is 0.724. The first-order chi connectivity index (χ1) is 12.3. The normalized spacial score (nSPS) is 15.6. The number of hydrogen-bond acceptors (Lipinski definition) is 6. The van der Waals surface area contributed by atoms with Crippen molar-refractivity contribution in [3.63, 3.8) is 0 Å². The number of aliphatic hydroxyl groups excluding tert-OH is 1. The van der Waals surface area contributed by atoms with Gasteiger partial charge in [-0.1, -0.05) is 0 Å². The second-order valence-electron chi connectivity index (χ2n) is 6.48. The first-order valence-electron chi connectivity index (χ1n) is 8.75. The predicted molar refractivity (Wildman–Crippen MR) is 104 cm³/mol. The molecule has 5 nitrogen and oxygen atoms in total. The molecule has 0 bridgehead atoms. The van der Waals surface area contributed by atoms with Crippen molar-refractivity contribution < 1.29 is 5.11 Å². The van der Waals surface area contributed by atoms with Crippen LogP contribution in [0.15, 0.2) is 41.9 Å². The van der Waals surface area contributed by atoms with Gasteiger partial charge in [0.1, 0.15) is 0 Å². The molecule has 0 radical (unpaired) electrons. The summed E-state index contributed by atoms with van der Waals surface area (Å²) in [6, 6.07) is 10.5. The number of nitrogens with zero attached hydrogens (tertiary/aromatic N) is 3. The fourth-order valence-electron chi connectivity index (χ4n) is 3.37. The van der Waals surface area contributed by atoms with Gasteiger partial charge >= 0.3 is 0 Å². The van der Waals surface area contributed by atoms with E-state index in [0.717, 1.165) is 48.3 Å². The van der Waals surface area contributed by atoms with Crippen LogP contribution in [0, 0.1) is 5.92 Å². The van der Waals surface area contributed by atoms with Crippen LogP contribution in [-0.4, -0.2) is 34.8 Å². The predicted octanol–water partition coefficient (Wildman–Crippen LogP) is 4.03. The smallest absolute Gasteiger partial charge is 0.227 e. The second-order valence-corrected chi connectivity index (χ2v) is 7.43. The van der Waals surface area contributed by atoms with E-state index in [1.807, 2.05) is 17.6 Å². The van der Waals surface area contributed by atoms with Gasteiger partial charge in [0.05, 0.1) is 16.4 Å². The number of benzene rings is 1. The maximum Gasteiger partial charge on any atom is 0.227 e. The molecule has 6 heteroatoms. The van der Waals surface area contributed by atoms with E-state index in [4.69, 9.17) is 5.11 Å². The number of fused-ring (bicyclic) bond motifs is 1. The molecule has 1 aliphatic rings. The summed E-state index contributed by atoms with van der Waals surface area (Å²) >= 11 is 1.65. The Morgan fingerprint density at radius 3 is 2.72 bits per heavy atom. The first-order valence-corrected chi connectivity index (χ1v) is 9.63. The van der Waals surface area contributed by atoms with Crippen LogP contribution in [0.1, 0.15) is 19.3 Å². The molecule has 0 unspecified atom stereocenters. The lowest BCUT2D eigenvalue weighted by molar-refractivity contribution is 0.240. The number of rotatable bonds is 5. The van der Waals surface area contributed by atoms with Crippen LogP contribution in [0.5, 0.6) is 0 Å². The molecular formula is C19H22N4OS. The van der Waals surface area contributed by atoms with Crippen molar-refractivity contribution in [1.82, 2.24) is 9.97 Å². The number of hydrogen-bond donors (Lipinski definition) is 2. The monoisotopic (exact) mass is 354 g/mol. The van der Waals surface area contributed by atoms with Gasteiger partial charge in [0.25, 0.3) is 0 Å². The maximum absolute atomic E-state index is 9.07. The highest BCUT2D eigenvalue weighted by molar-refractivity contribution is 7.17. The van der Waals surface area contributed by atoms with Gasteiger partial charge in [-0.15, -0.1) is 11.3 Å². The summed E-state index contributed by atoms with van der Waals surface area (Å²) in [5.41, 5.74) is 3.22. The van der Waals surface area contributed by atoms with Crippen LogP contribution in [0.2, 0.25) is 0 Å². The summed E-state index contributed by atoms with van der Waals surface area (Å²) in [4.78, 5) is 11.3. The molecule has 1 aliphatic heterocycles. The van der Waals surface area contributed by atoms with Gasteiger partial charge in [-0.25, -0.2) is 9.97 Å². The third-order valence-corrected chi connectivity index (χ3v) is 5.68. The molecule has 3 aromatic rings. The van der Waals surface area contributed by atoms with Crippen molar-refractivity contribution in [1.29, 1.82) is 0 Å². The maximum atomic E-state index is 9.07. The second kappa shape index (κ2) is 7.37. The Balaban J connectivity index is 1.40. The number of aromatic nitrogens is 2. The van der Waals surface area contributed by atoms with Gasteiger partial charge in [0, 0.05) is 31.1 Å². The van der Waals surface area contributed by atoms with E-state index in [9.17, 15) is 0 Å². The van der Waals surface area contributed by atoms with Crippen molar-refractivity contribution in [2.75, 3.05) is 29.9 Å². The van der Waals surface area contributed by atoms with E-state index in [2.05, 4.69) is 44.5 Å². The Bertz CT molecular complexity index is 825. The summed E-state index contributed by atoms with van der Waals surface area (Å²) in [5, 5.41) is 14.4. The number of aliphatic hydroxyl groups is 1. The molecule has 3 heterocycles. The Kier molecular flexibility index (Phi) is 4.81. The topological polar surface area (TPSA) is 61.3 Å².